The standard InChI is InChI=1S/C17H20BrN7OS/c18-8-11-26-13-6-4-12(5-7-13)14-21-22-17(27-14)25-15(19)20-16(23-25)24-9-2-1-3-10-24/h4-7H,1-3,8-11H2,(H2,19,20,23). The Morgan fingerprint density at radius 2 is 1.89 bits per heavy atom. The van der Waals surface area contributed by atoms with Crippen LogP contribution in [0, 0.1) is 0 Å². The van der Waals surface area contributed by atoms with Crippen LogP contribution < -0.4 is 15.4 Å². The van der Waals surface area contributed by atoms with E-state index >= 15 is 0 Å². The van der Waals surface area contributed by atoms with Gasteiger partial charge in [0.15, 0.2) is 0 Å². The van der Waals surface area contributed by atoms with E-state index < -0.39 is 0 Å². The summed E-state index contributed by atoms with van der Waals surface area (Å²) in [6.45, 7) is 2.57. The SMILES string of the molecule is Nc1nc(N2CCCCC2)nn1-c1nnc(-c2ccc(OCCBr)cc2)s1. The molecule has 0 aliphatic carbocycles. The number of alkyl halides is 1. The lowest BCUT2D eigenvalue weighted by atomic mass is 10.1. The number of hydrogen-bond donors (Lipinski definition) is 1. The number of anilines is 2. The molecule has 0 bridgehead atoms. The van der Waals surface area contributed by atoms with Gasteiger partial charge >= 0.3 is 0 Å². The fourth-order valence-corrected chi connectivity index (χ4v) is 3.92. The average Bonchev–Trinajstić information content (AvgIpc) is 3.34. The highest BCUT2D eigenvalue weighted by atomic mass is 79.9. The third-order valence-corrected chi connectivity index (χ3v) is 5.57. The number of hydrogen-bond acceptors (Lipinski definition) is 8. The predicted molar refractivity (Wildman–Crippen MR) is 110 cm³/mol. The van der Waals surface area contributed by atoms with E-state index in [4.69, 9.17) is 10.5 Å². The van der Waals surface area contributed by atoms with Gasteiger partial charge in [0.25, 0.3) is 0 Å². The van der Waals surface area contributed by atoms with E-state index in [1.807, 2.05) is 24.3 Å². The second-order valence-corrected chi connectivity index (χ2v) is 7.93. The molecule has 1 aliphatic rings. The van der Waals surface area contributed by atoms with Crippen molar-refractivity contribution in [3.05, 3.63) is 24.3 Å². The maximum absolute atomic E-state index is 6.08. The smallest absolute Gasteiger partial charge is 0.247 e. The highest BCUT2D eigenvalue weighted by Gasteiger charge is 2.19. The number of halogens is 1. The molecule has 0 spiro atoms. The van der Waals surface area contributed by atoms with Crippen molar-refractivity contribution in [2.24, 2.45) is 0 Å². The normalized spacial score (nSPS) is 14.5. The van der Waals surface area contributed by atoms with Gasteiger partial charge in [-0.3, -0.25) is 0 Å². The summed E-state index contributed by atoms with van der Waals surface area (Å²) in [4.78, 5) is 6.58. The van der Waals surface area contributed by atoms with E-state index in [-0.39, 0.29) is 0 Å². The summed E-state index contributed by atoms with van der Waals surface area (Å²) in [7, 11) is 0. The molecule has 10 heteroatoms. The molecule has 1 saturated heterocycles. The molecule has 3 heterocycles. The number of nitrogens with two attached hydrogens (primary N) is 1. The summed E-state index contributed by atoms with van der Waals surface area (Å²) in [6.07, 6.45) is 3.58. The van der Waals surface area contributed by atoms with Crippen LogP contribution in [-0.2, 0) is 0 Å². The molecule has 27 heavy (non-hydrogen) atoms. The van der Waals surface area contributed by atoms with Crippen LogP contribution >= 0.6 is 27.3 Å². The Kier molecular flexibility index (Phi) is 5.53. The molecule has 0 unspecified atom stereocenters. The van der Waals surface area contributed by atoms with Gasteiger partial charge in [0.1, 0.15) is 10.8 Å². The minimum absolute atomic E-state index is 0.330. The van der Waals surface area contributed by atoms with Crippen LogP contribution in [-0.4, -0.2) is 50.0 Å². The van der Waals surface area contributed by atoms with E-state index in [0.29, 0.717) is 23.6 Å². The molecule has 142 valence electrons. The molecule has 2 aromatic heterocycles. The molecule has 0 atom stereocenters. The minimum Gasteiger partial charge on any atom is -0.493 e. The maximum Gasteiger partial charge on any atom is 0.247 e. The first-order valence-corrected chi connectivity index (χ1v) is 10.8. The summed E-state index contributed by atoms with van der Waals surface area (Å²) in [6, 6.07) is 7.80. The first-order valence-electron chi connectivity index (χ1n) is 8.85. The number of nitrogen functional groups attached to an aromatic ring is 1. The van der Waals surface area contributed by atoms with Gasteiger partial charge in [-0.15, -0.1) is 15.3 Å². The van der Waals surface area contributed by atoms with Crippen molar-refractivity contribution in [2.75, 3.05) is 35.7 Å². The monoisotopic (exact) mass is 449 g/mol. The zero-order chi connectivity index (χ0) is 18.6. The first kappa shape index (κ1) is 18.2. The Labute approximate surface area is 169 Å². The minimum atomic E-state index is 0.330. The number of benzene rings is 1. The Morgan fingerprint density at radius 1 is 1.11 bits per heavy atom. The lowest BCUT2D eigenvalue weighted by Crippen LogP contribution is -2.30. The lowest BCUT2D eigenvalue weighted by molar-refractivity contribution is 0.345. The van der Waals surface area contributed by atoms with Crippen LogP contribution in [0.2, 0.25) is 0 Å². The summed E-state index contributed by atoms with van der Waals surface area (Å²) >= 11 is 4.78. The van der Waals surface area contributed by atoms with Gasteiger partial charge in [-0.1, -0.05) is 27.3 Å². The molecular weight excluding hydrogens is 430 g/mol. The van der Waals surface area contributed by atoms with Crippen LogP contribution in [0.3, 0.4) is 0 Å². The highest BCUT2D eigenvalue weighted by Crippen LogP contribution is 2.28. The number of ether oxygens (including phenoxy) is 1. The van der Waals surface area contributed by atoms with Crippen molar-refractivity contribution in [3.63, 3.8) is 0 Å². The van der Waals surface area contributed by atoms with Gasteiger partial charge in [-0.2, -0.15) is 9.67 Å². The third kappa shape index (κ3) is 4.06. The van der Waals surface area contributed by atoms with Gasteiger partial charge < -0.3 is 15.4 Å². The second kappa shape index (κ2) is 8.22. The number of aromatic nitrogens is 5. The topological polar surface area (TPSA) is 95.0 Å². The molecule has 1 aliphatic heterocycles. The van der Waals surface area contributed by atoms with Crippen molar-refractivity contribution in [1.29, 1.82) is 0 Å². The highest BCUT2D eigenvalue weighted by molar-refractivity contribution is 9.09. The van der Waals surface area contributed by atoms with Gasteiger partial charge in [0.2, 0.25) is 17.0 Å². The fraction of sp³-hybridized carbons (Fsp3) is 0.412. The molecule has 3 aromatic rings. The van der Waals surface area contributed by atoms with E-state index in [0.717, 1.165) is 47.6 Å². The lowest BCUT2D eigenvalue weighted by Gasteiger charge is -2.24. The molecule has 2 N–H and O–H groups in total. The van der Waals surface area contributed by atoms with Crippen molar-refractivity contribution in [1.82, 2.24) is 25.0 Å². The third-order valence-electron chi connectivity index (χ3n) is 4.30. The fourth-order valence-electron chi connectivity index (χ4n) is 2.95. The van der Waals surface area contributed by atoms with Crippen molar-refractivity contribution >= 4 is 39.2 Å². The summed E-state index contributed by atoms with van der Waals surface area (Å²) in [5.41, 5.74) is 7.05. The first-order chi connectivity index (χ1) is 13.2. The molecule has 0 amide bonds. The van der Waals surface area contributed by atoms with Gasteiger partial charge in [0.05, 0.1) is 6.61 Å². The average molecular weight is 450 g/mol. The number of nitrogens with zero attached hydrogens (tertiary/aromatic N) is 6. The van der Waals surface area contributed by atoms with E-state index in [1.54, 1.807) is 4.68 Å². The van der Waals surface area contributed by atoms with Crippen molar-refractivity contribution in [2.45, 2.75) is 19.3 Å². The molecule has 8 nitrogen and oxygen atoms in total. The van der Waals surface area contributed by atoms with Crippen LogP contribution in [0.4, 0.5) is 11.9 Å². The largest absolute Gasteiger partial charge is 0.493 e. The van der Waals surface area contributed by atoms with Crippen molar-refractivity contribution in [3.8, 4) is 21.5 Å². The predicted octanol–water partition coefficient (Wildman–Crippen LogP) is 3.13. The Bertz CT molecular complexity index is 889. The Morgan fingerprint density at radius 3 is 2.63 bits per heavy atom. The summed E-state index contributed by atoms with van der Waals surface area (Å²) in [5, 5.41) is 15.3. The maximum atomic E-state index is 6.08. The molecule has 1 aromatic carbocycles. The number of piperidine rings is 1. The number of rotatable bonds is 6. The summed E-state index contributed by atoms with van der Waals surface area (Å²) < 4.78 is 7.14. The quantitative estimate of drug-likeness (QED) is 0.577. The van der Waals surface area contributed by atoms with E-state index in [9.17, 15) is 0 Å². The van der Waals surface area contributed by atoms with Gasteiger partial charge in [-0.25, -0.2) is 0 Å². The van der Waals surface area contributed by atoms with E-state index in [2.05, 4.69) is 41.1 Å². The Hall–Kier alpha value is -2.20. The molecule has 0 radical (unpaired) electrons. The molecule has 0 saturated carbocycles. The zero-order valence-electron chi connectivity index (χ0n) is 14.7. The van der Waals surface area contributed by atoms with Crippen LogP contribution in [0.5, 0.6) is 5.75 Å². The van der Waals surface area contributed by atoms with Crippen LogP contribution in [0.25, 0.3) is 15.7 Å². The van der Waals surface area contributed by atoms with Crippen LogP contribution in [0.1, 0.15) is 19.3 Å². The molecule has 1 fully saturated rings. The second-order valence-electron chi connectivity index (χ2n) is 6.18. The molecule has 4 rings (SSSR count). The van der Waals surface area contributed by atoms with Gasteiger partial charge in [0, 0.05) is 24.0 Å². The van der Waals surface area contributed by atoms with Crippen molar-refractivity contribution < 1.29 is 4.74 Å². The summed E-state index contributed by atoms with van der Waals surface area (Å²) in [5.74, 6) is 1.82. The van der Waals surface area contributed by atoms with E-state index in [1.165, 1.54) is 17.8 Å². The van der Waals surface area contributed by atoms with Gasteiger partial charge in [-0.05, 0) is 43.5 Å². The Balaban J connectivity index is 1.53. The molecular formula is C17H20BrN7OS. The zero-order valence-corrected chi connectivity index (χ0v) is 17.1. The van der Waals surface area contributed by atoms with Crippen LogP contribution in [0.15, 0.2) is 24.3 Å².